The Morgan fingerprint density at radius 3 is 2.37 bits per heavy atom. The van der Waals surface area contributed by atoms with Crippen LogP contribution in [0.3, 0.4) is 0 Å². The number of esters is 1. The summed E-state index contributed by atoms with van der Waals surface area (Å²) in [5.74, 6) is -2.50. The third kappa shape index (κ3) is 11.7. The average Bonchev–Trinajstić information content (AvgIpc) is 3.82. The van der Waals surface area contributed by atoms with Gasteiger partial charge >= 0.3 is 11.9 Å². The molecule has 0 bridgehead atoms. The fraction of sp³-hybridized carbons (Fsp3) is 0.641. The number of aromatic nitrogens is 1. The van der Waals surface area contributed by atoms with E-state index in [1.54, 1.807) is 24.3 Å². The van der Waals surface area contributed by atoms with Gasteiger partial charge in [0.25, 0.3) is 5.91 Å². The van der Waals surface area contributed by atoms with Crippen LogP contribution in [0, 0.1) is 29.6 Å². The lowest BCUT2D eigenvalue weighted by atomic mass is 9.88. The maximum atomic E-state index is 14.1. The number of carboxylic acid groups (broad SMARTS) is 1. The van der Waals surface area contributed by atoms with Gasteiger partial charge in [-0.15, -0.1) is 11.3 Å². The third-order valence-corrected chi connectivity index (χ3v) is 11.4. The van der Waals surface area contributed by atoms with Crippen LogP contribution in [0.15, 0.2) is 35.7 Å². The Bertz CT molecular complexity index is 1490. The number of likely N-dealkylation sites (tertiary alicyclic amines) is 1. The second-order valence-electron chi connectivity index (χ2n) is 15.0. The first kappa shape index (κ1) is 40.1. The molecule has 51 heavy (non-hydrogen) atoms. The van der Waals surface area contributed by atoms with Gasteiger partial charge in [0.05, 0.1) is 12.0 Å². The van der Waals surface area contributed by atoms with Gasteiger partial charge in [-0.25, -0.2) is 4.98 Å². The summed E-state index contributed by atoms with van der Waals surface area (Å²) < 4.78 is 5.77. The number of amides is 2. The fourth-order valence-corrected chi connectivity index (χ4v) is 8.20. The van der Waals surface area contributed by atoms with Gasteiger partial charge < -0.3 is 20.1 Å². The number of benzene rings is 1. The highest BCUT2D eigenvalue weighted by Gasteiger charge is 2.42. The number of hydrogen-bond donors (Lipinski definition) is 2. The Morgan fingerprint density at radius 2 is 1.76 bits per heavy atom. The third-order valence-electron chi connectivity index (χ3n) is 10.5. The molecule has 2 aromatic rings. The molecular weight excluding hydrogens is 669 g/mol. The number of carboxylic acids is 1. The second kappa shape index (κ2) is 18.7. The van der Waals surface area contributed by atoms with Crippen LogP contribution in [0.25, 0.3) is 0 Å². The molecule has 1 aromatic heterocycles. The van der Waals surface area contributed by atoms with Crippen LogP contribution in [-0.4, -0.2) is 88.7 Å². The predicted octanol–water partition coefficient (Wildman–Crippen LogP) is 5.79. The summed E-state index contributed by atoms with van der Waals surface area (Å²) >= 11 is 1.22. The summed E-state index contributed by atoms with van der Waals surface area (Å²) in [5.41, 5.74) is 1.24. The molecule has 280 valence electrons. The molecule has 1 aliphatic heterocycles. The van der Waals surface area contributed by atoms with Crippen molar-refractivity contribution in [1.29, 1.82) is 0 Å². The number of ether oxygens (including phenoxy) is 1. The van der Waals surface area contributed by atoms with Crippen LogP contribution in [0.1, 0.15) is 106 Å². The molecule has 1 saturated heterocycles. The van der Waals surface area contributed by atoms with Gasteiger partial charge in [-0.2, -0.15) is 0 Å². The predicted molar refractivity (Wildman–Crippen MR) is 196 cm³/mol. The zero-order chi connectivity index (χ0) is 37.2. The van der Waals surface area contributed by atoms with E-state index in [9.17, 15) is 29.1 Å². The Balaban J connectivity index is 1.44. The summed E-state index contributed by atoms with van der Waals surface area (Å²) in [6.07, 6.45) is 5.59. The number of ketones is 1. The number of piperidine rings is 1. The van der Waals surface area contributed by atoms with Crippen molar-refractivity contribution >= 4 is 40.9 Å². The van der Waals surface area contributed by atoms with Crippen molar-refractivity contribution in [3.8, 4) is 0 Å². The first-order valence-electron chi connectivity index (χ1n) is 18.4. The minimum absolute atomic E-state index is 0.00881. The zero-order valence-corrected chi connectivity index (χ0v) is 31.8. The van der Waals surface area contributed by atoms with Crippen molar-refractivity contribution in [3.63, 3.8) is 0 Å². The second-order valence-corrected chi connectivity index (χ2v) is 15.9. The quantitative estimate of drug-likeness (QED) is 0.172. The lowest BCUT2D eigenvalue weighted by molar-refractivity contribution is -0.149. The van der Waals surface area contributed by atoms with Gasteiger partial charge in [-0.05, 0) is 75.4 Å². The molecule has 0 unspecified atom stereocenters. The van der Waals surface area contributed by atoms with Crippen molar-refractivity contribution in [2.45, 2.75) is 104 Å². The molecule has 0 spiro atoms. The molecule has 1 aromatic carbocycles. The van der Waals surface area contributed by atoms with Crippen LogP contribution < -0.4 is 5.32 Å². The molecule has 6 atom stereocenters. The van der Waals surface area contributed by atoms with Crippen molar-refractivity contribution in [2.24, 2.45) is 29.6 Å². The Hall–Kier alpha value is -3.64. The topological polar surface area (TPSA) is 146 Å². The molecule has 0 radical (unpaired) electrons. The minimum Gasteiger partial charge on any atom is -0.481 e. The molecule has 1 aliphatic carbocycles. The Morgan fingerprint density at radius 1 is 1.06 bits per heavy atom. The van der Waals surface area contributed by atoms with E-state index >= 15 is 0 Å². The average molecular weight is 725 g/mol. The number of hydrogen-bond acceptors (Lipinski definition) is 9. The normalized spacial score (nSPS) is 19.4. The highest BCUT2D eigenvalue weighted by Crippen LogP contribution is 2.41. The zero-order valence-electron chi connectivity index (χ0n) is 31.0. The minimum atomic E-state index is -0.879. The first-order chi connectivity index (χ1) is 24.2. The summed E-state index contributed by atoms with van der Waals surface area (Å²) in [6, 6.07) is 9.32. The highest BCUT2D eigenvalue weighted by molar-refractivity contribution is 7.09. The van der Waals surface area contributed by atoms with Crippen molar-refractivity contribution in [3.05, 3.63) is 52.0 Å². The molecule has 2 N–H and O–H groups in total. The van der Waals surface area contributed by atoms with E-state index in [-0.39, 0.29) is 72.5 Å². The SMILES string of the molecule is CC(=O)O[C@H](C[C@H](C(C)C)N(C)C(=O)[C@@H](CC(=O)[C@H]1CCCCN1C)C1CC1)c1nc(C(=O)NC[C@@H](Cc2ccccc2)C[C@H](C)C(=O)O)cs1. The fourth-order valence-electron chi connectivity index (χ4n) is 7.36. The summed E-state index contributed by atoms with van der Waals surface area (Å²) in [5, 5.41) is 14.5. The number of aliphatic carboxylic acids is 1. The van der Waals surface area contributed by atoms with Crippen LogP contribution in [0.5, 0.6) is 0 Å². The number of nitrogens with zero attached hydrogens (tertiary/aromatic N) is 3. The number of rotatable bonds is 19. The maximum Gasteiger partial charge on any atom is 0.306 e. The van der Waals surface area contributed by atoms with Gasteiger partial charge in [-0.1, -0.05) is 57.5 Å². The Labute approximate surface area is 306 Å². The summed E-state index contributed by atoms with van der Waals surface area (Å²) in [4.78, 5) is 73.2. The lowest BCUT2D eigenvalue weighted by Crippen LogP contribution is -2.47. The van der Waals surface area contributed by atoms with Crippen LogP contribution in [0.2, 0.25) is 0 Å². The van der Waals surface area contributed by atoms with Crippen molar-refractivity contribution in [2.75, 3.05) is 27.2 Å². The highest BCUT2D eigenvalue weighted by atomic mass is 32.1. The van der Waals surface area contributed by atoms with Crippen molar-refractivity contribution < 1.29 is 33.8 Å². The summed E-state index contributed by atoms with van der Waals surface area (Å²) in [7, 11) is 3.77. The molecule has 11 nitrogen and oxygen atoms in total. The van der Waals surface area contributed by atoms with Crippen LogP contribution in [-0.2, 0) is 30.3 Å². The van der Waals surface area contributed by atoms with E-state index in [1.807, 2.05) is 51.2 Å². The lowest BCUT2D eigenvalue weighted by Gasteiger charge is -2.36. The van der Waals surface area contributed by atoms with Gasteiger partial charge in [0.2, 0.25) is 5.91 Å². The Kier molecular flexibility index (Phi) is 14.7. The molecule has 2 aliphatic rings. The van der Waals surface area contributed by atoms with Gasteiger partial charge in [0, 0.05) is 50.7 Å². The smallest absolute Gasteiger partial charge is 0.306 e. The van der Waals surface area contributed by atoms with E-state index in [4.69, 9.17) is 4.74 Å². The van der Waals surface area contributed by atoms with E-state index < -0.39 is 29.9 Å². The van der Waals surface area contributed by atoms with Crippen molar-refractivity contribution in [1.82, 2.24) is 20.1 Å². The number of carbonyl (C=O) groups excluding carboxylic acids is 4. The molecule has 2 heterocycles. The molecule has 4 rings (SSSR count). The number of nitrogens with one attached hydrogen (secondary N) is 1. The number of Topliss-reactive ketones (excluding diaryl/α,β-unsaturated/α-hetero) is 1. The number of likely N-dealkylation sites (N-methyl/N-ethyl adjacent to an activating group) is 1. The van der Waals surface area contributed by atoms with Gasteiger partial charge in [0.15, 0.2) is 11.9 Å². The van der Waals surface area contributed by atoms with Crippen LogP contribution >= 0.6 is 11.3 Å². The molecule has 1 saturated carbocycles. The number of thiazole rings is 1. The van der Waals surface area contributed by atoms with E-state index in [0.717, 1.165) is 44.2 Å². The monoisotopic (exact) mass is 724 g/mol. The van der Waals surface area contributed by atoms with Crippen LogP contribution in [0.4, 0.5) is 0 Å². The largest absolute Gasteiger partial charge is 0.481 e. The van der Waals surface area contributed by atoms with E-state index in [1.165, 1.54) is 18.3 Å². The van der Waals surface area contributed by atoms with E-state index in [2.05, 4.69) is 15.2 Å². The van der Waals surface area contributed by atoms with E-state index in [0.29, 0.717) is 17.8 Å². The molecular formula is C39H56N4O7S. The summed E-state index contributed by atoms with van der Waals surface area (Å²) in [6.45, 7) is 8.20. The molecule has 2 fully saturated rings. The van der Waals surface area contributed by atoms with Gasteiger partial charge in [0.1, 0.15) is 10.7 Å². The standard InChI is InChI=1S/C39H56N4O7S/c1-24(2)33(43(6)38(47)30(29-15-16-29)20-34(45)32-14-10-11-17-42(32)5)21-35(50-26(4)44)37-41-31(23-51-37)36(46)40-22-28(18-25(3)39(48)49)19-27-12-8-7-9-13-27/h7-9,12-13,23-25,28-30,32-33,35H,10-11,14-22H2,1-6H3,(H,40,46)(H,48,49)/t25-,28+,30-,32+,33+,35+/m0/s1. The first-order valence-corrected chi connectivity index (χ1v) is 19.3. The molecule has 2 amide bonds. The van der Waals surface area contributed by atoms with Gasteiger partial charge in [-0.3, -0.25) is 28.9 Å². The number of carbonyl (C=O) groups is 5. The molecule has 12 heteroatoms. The maximum absolute atomic E-state index is 14.1.